The quantitative estimate of drug-likeness (QED) is 0.715. The van der Waals surface area contributed by atoms with Crippen LogP contribution in [0.5, 0.6) is 0 Å². The second-order valence-electron chi connectivity index (χ2n) is 6.32. The Balaban J connectivity index is 0.000000186. The van der Waals surface area contributed by atoms with Gasteiger partial charge in [-0.25, -0.2) is 13.4 Å². The number of sulfone groups is 1. The highest BCUT2D eigenvalue weighted by Crippen LogP contribution is 2.23. The molecular weight excluding hydrogens is 368 g/mol. The van der Waals surface area contributed by atoms with E-state index in [1.807, 2.05) is 20.8 Å². The molecule has 1 aromatic carbocycles. The lowest BCUT2D eigenvalue weighted by Gasteiger charge is -2.11. The number of rotatable bonds is 2. The minimum absolute atomic E-state index is 0.0666. The molecule has 0 radical (unpaired) electrons. The second kappa shape index (κ2) is 7.30. The third kappa shape index (κ3) is 5.68. The van der Waals surface area contributed by atoms with Crippen molar-refractivity contribution in [3.8, 4) is 0 Å². The van der Waals surface area contributed by atoms with Crippen LogP contribution in [-0.2, 0) is 24.7 Å². The fraction of sp³-hybridized carbons (Fsp3) is 0.533. The molecule has 2 aliphatic heterocycles. The van der Waals surface area contributed by atoms with Crippen molar-refractivity contribution in [3.63, 3.8) is 0 Å². The zero-order chi connectivity index (χ0) is 18.8. The van der Waals surface area contributed by atoms with Crippen LogP contribution in [0.15, 0.2) is 34.2 Å². The lowest BCUT2D eigenvalue weighted by Crippen LogP contribution is -2.32. The Kier molecular flexibility index (Phi) is 5.75. The summed E-state index contributed by atoms with van der Waals surface area (Å²) >= 11 is 0. The standard InChI is InChI=1S/C8H14N2O3S.C7H8O3S/c1-5(2)9-8-10-6-3-14(11,12)4-7(6)13-8;1-6-2-4-7(5-3-6)11(8,9)10/h5-7H,3-4H2,1-2H3,(H,9,10);2-5H,1H3,(H,8,9,10)/t6-,7-;/m1./s1. The van der Waals surface area contributed by atoms with Gasteiger partial charge in [0.05, 0.1) is 16.4 Å². The number of nitrogens with one attached hydrogen (secondary N) is 1. The van der Waals surface area contributed by atoms with Gasteiger partial charge in [0.2, 0.25) is 0 Å². The molecule has 0 aliphatic carbocycles. The Morgan fingerprint density at radius 2 is 1.84 bits per heavy atom. The van der Waals surface area contributed by atoms with Crippen LogP contribution in [0.25, 0.3) is 0 Å². The molecule has 0 bridgehead atoms. The Bertz CT molecular complexity index is 845. The summed E-state index contributed by atoms with van der Waals surface area (Å²) in [5.74, 6) is 0.228. The van der Waals surface area contributed by atoms with Crippen LogP contribution in [0.4, 0.5) is 0 Å². The number of benzene rings is 1. The van der Waals surface area contributed by atoms with E-state index in [0.29, 0.717) is 6.02 Å². The van der Waals surface area contributed by atoms with Crippen molar-refractivity contribution in [1.29, 1.82) is 0 Å². The van der Waals surface area contributed by atoms with Crippen LogP contribution in [-0.4, -0.2) is 57.1 Å². The maximum absolute atomic E-state index is 11.2. The van der Waals surface area contributed by atoms with E-state index in [0.717, 1.165) is 5.56 Å². The van der Waals surface area contributed by atoms with Gasteiger partial charge >= 0.3 is 0 Å². The van der Waals surface area contributed by atoms with E-state index in [9.17, 15) is 16.8 Å². The molecule has 0 spiro atoms. The highest BCUT2D eigenvalue weighted by atomic mass is 32.2. The van der Waals surface area contributed by atoms with Crippen LogP contribution in [0.2, 0.25) is 0 Å². The molecule has 3 rings (SSSR count). The minimum Gasteiger partial charge on any atom is -0.459 e. The molecule has 0 aromatic heterocycles. The number of hydrogen-bond donors (Lipinski definition) is 2. The molecule has 25 heavy (non-hydrogen) atoms. The van der Waals surface area contributed by atoms with Gasteiger partial charge in [0.25, 0.3) is 16.1 Å². The predicted octanol–water partition coefficient (Wildman–Crippen LogP) is 0.778. The SMILES string of the molecule is CC(C)NC1=N[C@@H]2CS(=O)(=O)C[C@H]2O1.Cc1ccc(S(=O)(=O)O)cc1. The van der Waals surface area contributed by atoms with Crippen LogP contribution in [0, 0.1) is 6.92 Å². The summed E-state index contributed by atoms with van der Waals surface area (Å²) in [6.45, 7) is 5.81. The van der Waals surface area contributed by atoms with Gasteiger partial charge in [0.1, 0.15) is 12.1 Å². The van der Waals surface area contributed by atoms with E-state index in [1.54, 1.807) is 12.1 Å². The van der Waals surface area contributed by atoms with Crippen molar-refractivity contribution < 1.29 is 26.1 Å². The van der Waals surface area contributed by atoms with Gasteiger partial charge in [-0.2, -0.15) is 8.42 Å². The lowest BCUT2D eigenvalue weighted by atomic mass is 10.2. The first kappa shape index (κ1) is 19.7. The van der Waals surface area contributed by atoms with Gasteiger partial charge in [-0.15, -0.1) is 0 Å². The minimum atomic E-state index is -4.02. The monoisotopic (exact) mass is 390 g/mol. The molecule has 2 aliphatic rings. The zero-order valence-corrected chi connectivity index (χ0v) is 15.8. The van der Waals surface area contributed by atoms with Crippen molar-refractivity contribution in [2.75, 3.05) is 11.5 Å². The highest BCUT2D eigenvalue weighted by Gasteiger charge is 2.43. The molecule has 140 valence electrons. The van der Waals surface area contributed by atoms with Gasteiger partial charge < -0.3 is 10.1 Å². The normalized spacial score (nSPS) is 24.0. The third-order valence-corrected chi connectivity index (χ3v) is 6.10. The van der Waals surface area contributed by atoms with E-state index >= 15 is 0 Å². The summed E-state index contributed by atoms with van der Waals surface area (Å²) in [4.78, 5) is 4.12. The number of amidine groups is 1. The first-order chi connectivity index (χ1) is 11.5. The third-order valence-electron chi connectivity index (χ3n) is 3.55. The Labute approximate surface area is 148 Å². The second-order valence-corrected chi connectivity index (χ2v) is 9.90. The molecule has 1 fully saturated rings. The maximum Gasteiger partial charge on any atom is 0.294 e. The number of nitrogens with zero attached hydrogens (tertiary/aromatic N) is 1. The van der Waals surface area contributed by atoms with Crippen LogP contribution < -0.4 is 5.32 Å². The first-order valence-corrected chi connectivity index (χ1v) is 11.0. The van der Waals surface area contributed by atoms with Crippen molar-refractivity contribution in [3.05, 3.63) is 29.8 Å². The molecule has 0 amide bonds. The van der Waals surface area contributed by atoms with Gasteiger partial charge in [0, 0.05) is 6.04 Å². The largest absolute Gasteiger partial charge is 0.459 e. The molecule has 1 aromatic rings. The Morgan fingerprint density at radius 3 is 2.32 bits per heavy atom. The average molecular weight is 390 g/mol. The summed E-state index contributed by atoms with van der Waals surface area (Å²) in [6, 6.07) is 6.54. The molecule has 0 saturated carbocycles. The lowest BCUT2D eigenvalue weighted by molar-refractivity contribution is 0.219. The predicted molar refractivity (Wildman–Crippen MR) is 94.0 cm³/mol. The van der Waals surface area contributed by atoms with E-state index < -0.39 is 20.0 Å². The van der Waals surface area contributed by atoms with Gasteiger partial charge in [-0.05, 0) is 32.9 Å². The van der Waals surface area contributed by atoms with Crippen molar-refractivity contribution in [2.45, 2.75) is 43.9 Å². The van der Waals surface area contributed by atoms with Gasteiger partial charge in [-0.1, -0.05) is 17.7 Å². The fourth-order valence-electron chi connectivity index (χ4n) is 2.38. The van der Waals surface area contributed by atoms with Crippen LogP contribution in [0.3, 0.4) is 0 Å². The molecule has 1 saturated heterocycles. The molecular formula is C15H22N2O6S2. The average Bonchev–Trinajstić information content (AvgIpc) is 2.90. The van der Waals surface area contributed by atoms with Gasteiger partial charge in [0.15, 0.2) is 9.84 Å². The van der Waals surface area contributed by atoms with E-state index in [2.05, 4.69) is 10.3 Å². The first-order valence-electron chi connectivity index (χ1n) is 7.72. The van der Waals surface area contributed by atoms with E-state index in [1.165, 1.54) is 12.1 Å². The summed E-state index contributed by atoms with van der Waals surface area (Å²) < 4.78 is 57.3. The van der Waals surface area contributed by atoms with E-state index in [4.69, 9.17) is 9.29 Å². The molecule has 2 N–H and O–H groups in total. The molecule has 0 unspecified atom stereocenters. The van der Waals surface area contributed by atoms with Crippen molar-refractivity contribution >= 4 is 26.0 Å². The zero-order valence-electron chi connectivity index (χ0n) is 14.2. The highest BCUT2D eigenvalue weighted by molar-refractivity contribution is 7.91. The molecule has 2 heterocycles. The number of aliphatic imine (C=N–C) groups is 1. The topological polar surface area (TPSA) is 122 Å². The summed E-state index contributed by atoms with van der Waals surface area (Å²) in [5.41, 5.74) is 0.956. The van der Waals surface area contributed by atoms with Crippen LogP contribution in [0.1, 0.15) is 19.4 Å². The Hall–Kier alpha value is -1.65. The molecule has 2 atom stereocenters. The number of ether oxygens (including phenoxy) is 1. The number of aryl methyl sites for hydroxylation is 1. The Morgan fingerprint density at radius 1 is 1.24 bits per heavy atom. The van der Waals surface area contributed by atoms with Gasteiger partial charge in [-0.3, -0.25) is 4.55 Å². The fourth-order valence-corrected chi connectivity index (χ4v) is 4.60. The van der Waals surface area contributed by atoms with Crippen LogP contribution >= 0.6 is 0 Å². The molecule has 10 heteroatoms. The summed E-state index contributed by atoms with van der Waals surface area (Å²) in [7, 11) is -6.94. The summed E-state index contributed by atoms with van der Waals surface area (Å²) in [6.07, 6.45) is -0.263. The smallest absolute Gasteiger partial charge is 0.294 e. The maximum atomic E-state index is 11.2. The number of hydrogen-bond acceptors (Lipinski definition) is 7. The number of fused-ring (bicyclic) bond motifs is 1. The van der Waals surface area contributed by atoms with Crippen molar-refractivity contribution in [2.24, 2.45) is 4.99 Å². The van der Waals surface area contributed by atoms with Crippen molar-refractivity contribution in [1.82, 2.24) is 5.32 Å². The summed E-state index contributed by atoms with van der Waals surface area (Å²) in [5, 5.41) is 3.03. The molecule has 8 nitrogen and oxygen atoms in total. The van der Waals surface area contributed by atoms with E-state index in [-0.39, 0.29) is 34.6 Å².